The van der Waals surface area contributed by atoms with Crippen molar-refractivity contribution in [3.05, 3.63) is 12.7 Å². The zero-order chi connectivity index (χ0) is 3.41. The molecule has 0 unspecified atom stereocenters. The monoisotopic (exact) mass is 64.1 g/mol. The number of hydrogen-bond donors (Lipinski definition) is 0. The second-order valence-electron chi connectivity index (χ2n) is 0.333. The molecular formula is C3H5BeN. The second kappa shape index (κ2) is 10.00. The van der Waals surface area contributed by atoms with E-state index in [-0.39, 0.29) is 10.1 Å². The zero-order valence-electron chi connectivity index (χ0n) is 2.23. The van der Waals surface area contributed by atoms with Gasteiger partial charge in [-0.15, -0.1) is 0 Å². The van der Waals surface area contributed by atoms with Crippen molar-refractivity contribution >= 4 is 10.1 Å². The van der Waals surface area contributed by atoms with E-state index in [0.29, 0.717) is 0 Å². The molecule has 0 fully saturated rings. The Morgan fingerprint density at radius 3 is 2.00 bits per heavy atom. The third-order valence-electron chi connectivity index (χ3n) is 0.0913. The summed E-state index contributed by atoms with van der Waals surface area (Å²) in [6, 6.07) is 1.69. The molecular weight excluding hydrogens is 59.1 g/mol. The summed E-state index contributed by atoms with van der Waals surface area (Å²) in [5, 5.41) is 7.51. The Kier molecular flexibility index (Phi) is 17.7. The Bertz CT molecular complexity index is 52.4. The van der Waals surface area contributed by atoms with E-state index < -0.39 is 0 Å². The van der Waals surface area contributed by atoms with Crippen molar-refractivity contribution in [2.75, 3.05) is 0 Å². The van der Waals surface area contributed by atoms with Crippen LogP contribution < -0.4 is 0 Å². The van der Waals surface area contributed by atoms with Crippen LogP contribution in [0.25, 0.3) is 0 Å². The zero-order valence-corrected chi connectivity index (χ0v) is 2.23. The quantitative estimate of drug-likeness (QED) is 0.282. The molecule has 0 aliphatic heterocycles. The molecule has 2 heteroatoms. The number of nitriles is 1. The van der Waals surface area contributed by atoms with Crippen molar-refractivity contribution in [1.29, 1.82) is 5.26 Å². The van der Waals surface area contributed by atoms with Gasteiger partial charge in [-0.05, 0) is 0 Å². The molecule has 0 radical (unpaired) electrons. The molecule has 0 spiro atoms. The number of hydrogen-bond acceptors (Lipinski definition) is 1. The van der Waals surface area contributed by atoms with Gasteiger partial charge in [0.05, 0.1) is 6.07 Å². The first-order valence-electron chi connectivity index (χ1n) is 0.921. The Labute approximate surface area is 35.1 Å². The molecule has 0 aromatic carbocycles. The predicted octanol–water partition coefficient (Wildman–Crippen LogP) is -0.220. The van der Waals surface area contributed by atoms with Gasteiger partial charge in [-0.25, -0.2) is 0 Å². The van der Waals surface area contributed by atoms with Gasteiger partial charge in [0.15, 0.2) is 0 Å². The molecule has 0 N–H and O–H groups in total. The normalized spacial score (nSPS) is 3.00. The van der Waals surface area contributed by atoms with Crippen molar-refractivity contribution in [3.8, 4) is 6.07 Å². The predicted molar refractivity (Wildman–Crippen MR) is 24.4 cm³/mol. The van der Waals surface area contributed by atoms with E-state index in [4.69, 9.17) is 5.26 Å². The van der Waals surface area contributed by atoms with Crippen molar-refractivity contribution in [3.63, 3.8) is 0 Å². The van der Waals surface area contributed by atoms with Gasteiger partial charge in [0.25, 0.3) is 0 Å². The number of rotatable bonds is 0. The van der Waals surface area contributed by atoms with E-state index in [2.05, 4.69) is 6.58 Å². The van der Waals surface area contributed by atoms with Crippen LogP contribution >= 0.6 is 0 Å². The molecule has 0 rings (SSSR count). The van der Waals surface area contributed by atoms with Gasteiger partial charge in [-0.1, -0.05) is 6.58 Å². The first-order chi connectivity index (χ1) is 1.91. The van der Waals surface area contributed by atoms with Crippen LogP contribution in [-0.2, 0) is 0 Å². The van der Waals surface area contributed by atoms with E-state index in [0.717, 1.165) is 0 Å². The third kappa shape index (κ3) is 41.8. The molecule has 1 nitrogen and oxygen atoms in total. The Morgan fingerprint density at radius 2 is 2.00 bits per heavy atom. The van der Waals surface area contributed by atoms with Crippen molar-refractivity contribution in [2.24, 2.45) is 0 Å². The maximum absolute atomic E-state index is 7.51. The molecule has 5 heavy (non-hydrogen) atoms. The first kappa shape index (κ1) is 8.83. The molecule has 0 aliphatic carbocycles. The van der Waals surface area contributed by atoms with E-state index in [1.165, 1.54) is 6.08 Å². The summed E-state index contributed by atoms with van der Waals surface area (Å²) >= 11 is 0. The van der Waals surface area contributed by atoms with Crippen molar-refractivity contribution in [1.82, 2.24) is 0 Å². The van der Waals surface area contributed by atoms with Gasteiger partial charge in [-0.3, -0.25) is 0 Å². The average molecular weight is 64.1 g/mol. The standard InChI is InChI=1S/C3H3N.Be.2H/c1-2-3-4;;;/h2H,1H2;;;. The van der Waals surface area contributed by atoms with Crippen LogP contribution in [0.3, 0.4) is 0 Å². The summed E-state index contributed by atoms with van der Waals surface area (Å²) < 4.78 is 0. The van der Waals surface area contributed by atoms with Crippen LogP contribution in [0.5, 0.6) is 0 Å². The fraction of sp³-hybridized carbons (Fsp3) is 0. The molecule has 0 aromatic rings. The molecule has 0 amide bonds. The van der Waals surface area contributed by atoms with Crippen LogP contribution in [-0.4, -0.2) is 10.1 Å². The second-order valence-corrected chi connectivity index (χ2v) is 0.333. The van der Waals surface area contributed by atoms with Crippen molar-refractivity contribution in [2.45, 2.75) is 0 Å². The van der Waals surface area contributed by atoms with E-state index in [1.54, 1.807) is 6.07 Å². The number of allylic oxidation sites excluding steroid dienone is 1. The van der Waals surface area contributed by atoms with Crippen molar-refractivity contribution < 1.29 is 0 Å². The summed E-state index contributed by atoms with van der Waals surface area (Å²) in [5.41, 5.74) is 0. The summed E-state index contributed by atoms with van der Waals surface area (Å²) in [5.74, 6) is 0. The summed E-state index contributed by atoms with van der Waals surface area (Å²) in [6.07, 6.45) is 1.18. The van der Waals surface area contributed by atoms with Crippen LogP contribution in [0, 0.1) is 11.3 Å². The maximum atomic E-state index is 7.51. The van der Waals surface area contributed by atoms with Gasteiger partial charge in [0.1, 0.15) is 0 Å². The van der Waals surface area contributed by atoms with Crippen LogP contribution in [0.1, 0.15) is 0 Å². The summed E-state index contributed by atoms with van der Waals surface area (Å²) in [4.78, 5) is 0. The average Bonchev–Trinajstić information content (AvgIpc) is 1.37. The van der Waals surface area contributed by atoms with Gasteiger partial charge < -0.3 is 0 Å². The third-order valence-corrected chi connectivity index (χ3v) is 0.0913. The number of nitrogens with zero attached hydrogens (tertiary/aromatic N) is 1. The molecule has 0 aromatic heterocycles. The van der Waals surface area contributed by atoms with Gasteiger partial charge in [0.2, 0.25) is 0 Å². The van der Waals surface area contributed by atoms with Gasteiger partial charge in [0, 0.05) is 6.08 Å². The topological polar surface area (TPSA) is 23.8 Å². The van der Waals surface area contributed by atoms with Gasteiger partial charge >= 0.3 is 10.1 Å². The molecule has 0 heterocycles. The Balaban J connectivity index is 0. The Hall–Kier alpha value is -0.601. The van der Waals surface area contributed by atoms with Crippen LogP contribution in [0.4, 0.5) is 0 Å². The fourth-order valence-electron chi connectivity index (χ4n) is 0. The molecule has 0 bridgehead atoms. The van der Waals surface area contributed by atoms with Gasteiger partial charge in [-0.2, -0.15) is 5.26 Å². The molecule has 0 saturated heterocycles. The molecule has 0 atom stereocenters. The van der Waals surface area contributed by atoms with Crippen LogP contribution in [0.2, 0.25) is 0 Å². The first-order valence-corrected chi connectivity index (χ1v) is 0.921. The molecule has 24 valence electrons. The van der Waals surface area contributed by atoms with E-state index in [1.807, 2.05) is 0 Å². The van der Waals surface area contributed by atoms with E-state index >= 15 is 0 Å². The van der Waals surface area contributed by atoms with E-state index in [9.17, 15) is 0 Å². The minimum absolute atomic E-state index is 0. The SMILES string of the molecule is C=CC#N.[BeH2]. The molecule has 0 saturated carbocycles. The fourth-order valence-corrected chi connectivity index (χ4v) is 0. The van der Waals surface area contributed by atoms with Crippen LogP contribution in [0.15, 0.2) is 12.7 Å². The summed E-state index contributed by atoms with van der Waals surface area (Å²) in [6.45, 7) is 3.12. The molecule has 0 aliphatic rings. The summed E-state index contributed by atoms with van der Waals surface area (Å²) in [7, 11) is 0. The Morgan fingerprint density at radius 1 is 1.80 bits per heavy atom. The minimum atomic E-state index is 0.